The van der Waals surface area contributed by atoms with Gasteiger partial charge in [0.1, 0.15) is 4.93 Å². The number of hydrogen-bond acceptors (Lipinski definition) is 3. The molecule has 1 N–H and O–H groups in total. The fraction of sp³-hybridized carbons (Fsp3) is 0.300. The van der Waals surface area contributed by atoms with Crippen LogP contribution in [0.3, 0.4) is 0 Å². The van der Waals surface area contributed by atoms with Crippen molar-refractivity contribution in [3.05, 3.63) is 29.8 Å². The van der Waals surface area contributed by atoms with E-state index in [0.29, 0.717) is 0 Å². The molecule has 0 bridgehead atoms. The molecular weight excluding hydrogens is 184 g/mol. The van der Waals surface area contributed by atoms with Crippen molar-refractivity contribution in [2.24, 2.45) is 0 Å². The Bertz CT molecular complexity index is 358. The first-order valence-corrected chi connectivity index (χ1v) is 4.94. The van der Waals surface area contributed by atoms with E-state index in [9.17, 15) is 9.90 Å². The number of ketones is 1. The molecule has 1 aromatic carbocycles. The lowest BCUT2D eigenvalue weighted by atomic mass is 10.0. The fourth-order valence-corrected chi connectivity index (χ4v) is 2.57. The minimum Gasteiger partial charge on any atom is -0.379 e. The van der Waals surface area contributed by atoms with Crippen LogP contribution in [0.2, 0.25) is 0 Å². The minimum absolute atomic E-state index is 0.0272. The summed E-state index contributed by atoms with van der Waals surface area (Å²) in [5.41, 5.74) is 0.735. The Kier molecular flexibility index (Phi) is 1.93. The number of carbonyl (C=O) groups is 1. The highest BCUT2D eigenvalue weighted by Crippen LogP contribution is 2.40. The van der Waals surface area contributed by atoms with Gasteiger partial charge in [-0.3, -0.25) is 4.79 Å². The largest absolute Gasteiger partial charge is 0.379 e. The van der Waals surface area contributed by atoms with Crippen LogP contribution in [0.5, 0.6) is 0 Å². The van der Waals surface area contributed by atoms with E-state index in [1.165, 1.54) is 11.8 Å². The van der Waals surface area contributed by atoms with Crippen LogP contribution >= 0.6 is 11.8 Å². The van der Waals surface area contributed by atoms with E-state index in [4.69, 9.17) is 0 Å². The van der Waals surface area contributed by atoms with Crippen molar-refractivity contribution in [3.8, 4) is 0 Å². The first kappa shape index (κ1) is 8.78. The van der Waals surface area contributed by atoms with Crippen molar-refractivity contribution in [3.63, 3.8) is 0 Å². The molecule has 1 unspecified atom stereocenters. The van der Waals surface area contributed by atoms with Crippen LogP contribution in [0.4, 0.5) is 0 Å². The molecule has 1 aliphatic rings. The smallest absolute Gasteiger partial charge is 0.167 e. The van der Waals surface area contributed by atoms with E-state index in [1.807, 2.05) is 18.2 Å². The molecule has 0 saturated carbocycles. The van der Waals surface area contributed by atoms with Crippen LogP contribution in [0.15, 0.2) is 29.2 Å². The van der Waals surface area contributed by atoms with Crippen molar-refractivity contribution in [2.45, 2.75) is 23.2 Å². The summed E-state index contributed by atoms with van der Waals surface area (Å²) in [7, 11) is 0. The van der Waals surface area contributed by atoms with Crippen molar-refractivity contribution in [1.29, 1.82) is 0 Å². The van der Waals surface area contributed by atoms with Gasteiger partial charge < -0.3 is 5.11 Å². The summed E-state index contributed by atoms with van der Waals surface area (Å²) in [6.45, 7) is 1.67. The number of rotatable bonds is 0. The van der Waals surface area contributed by atoms with E-state index < -0.39 is 4.93 Å². The SMILES string of the molecule is CC1(O)CC(=O)c2ccccc2S1. The summed E-state index contributed by atoms with van der Waals surface area (Å²) in [5, 5.41) is 9.73. The van der Waals surface area contributed by atoms with Crippen LogP contribution < -0.4 is 0 Å². The van der Waals surface area contributed by atoms with E-state index in [0.717, 1.165) is 10.5 Å². The number of benzene rings is 1. The number of aliphatic hydroxyl groups is 1. The predicted molar refractivity (Wildman–Crippen MR) is 51.9 cm³/mol. The van der Waals surface area contributed by atoms with E-state index in [1.54, 1.807) is 13.0 Å². The van der Waals surface area contributed by atoms with Gasteiger partial charge >= 0.3 is 0 Å². The Labute approximate surface area is 81.0 Å². The van der Waals surface area contributed by atoms with Gasteiger partial charge in [-0.15, -0.1) is 0 Å². The van der Waals surface area contributed by atoms with Gasteiger partial charge in [-0.05, 0) is 13.0 Å². The quantitative estimate of drug-likeness (QED) is 0.687. The summed E-state index contributed by atoms with van der Waals surface area (Å²) < 4.78 is 0. The lowest BCUT2D eigenvalue weighted by Gasteiger charge is -2.27. The van der Waals surface area contributed by atoms with Crippen LogP contribution in [0, 0.1) is 0 Å². The Hall–Kier alpha value is -0.800. The van der Waals surface area contributed by atoms with Gasteiger partial charge in [-0.25, -0.2) is 0 Å². The zero-order valence-electron chi connectivity index (χ0n) is 7.28. The average Bonchev–Trinajstić information content (AvgIpc) is 2.02. The van der Waals surface area contributed by atoms with Crippen molar-refractivity contribution < 1.29 is 9.90 Å². The Morgan fingerprint density at radius 3 is 2.92 bits per heavy atom. The summed E-state index contributed by atoms with van der Waals surface area (Å²) in [6.07, 6.45) is 0.203. The molecule has 2 rings (SSSR count). The number of carbonyl (C=O) groups excluding carboxylic acids is 1. The van der Waals surface area contributed by atoms with E-state index in [-0.39, 0.29) is 12.2 Å². The maximum atomic E-state index is 11.5. The number of thioether (sulfide) groups is 1. The molecule has 0 aliphatic carbocycles. The van der Waals surface area contributed by atoms with Crippen LogP contribution in [-0.2, 0) is 0 Å². The average molecular weight is 194 g/mol. The van der Waals surface area contributed by atoms with Gasteiger partial charge in [-0.1, -0.05) is 30.0 Å². The van der Waals surface area contributed by atoms with E-state index >= 15 is 0 Å². The highest BCUT2D eigenvalue weighted by molar-refractivity contribution is 8.00. The highest BCUT2D eigenvalue weighted by atomic mass is 32.2. The Morgan fingerprint density at radius 1 is 1.46 bits per heavy atom. The third kappa shape index (κ3) is 1.62. The van der Waals surface area contributed by atoms with Gasteiger partial charge in [0.05, 0.1) is 0 Å². The van der Waals surface area contributed by atoms with E-state index in [2.05, 4.69) is 0 Å². The van der Waals surface area contributed by atoms with Gasteiger partial charge in [0.2, 0.25) is 0 Å². The predicted octanol–water partition coefficient (Wildman–Crippen LogP) is 2.07. The summed E-state index contributed by atoms with van der Waals surface area (Å²) in [5.74, 6) is 0.0272. The topological polar surface area (TPSA) is 37.3 Å². The molecule has 3 heteroatoms. The molecule has 13 heavy (non-hydrogen) atoms. The lowest BCUT2D eigenvalue weighted by Crippen LogP contribution is -2.28. The first-order valence-electron chi connectivity index (χ1n) is 4.12. The molecule has 68 valence electrons. The molecule has 1 aromatic rings. The first-order chi connectivity index (χ1) is 6.08. The van der Waals surface area contributed by atoms with Crippen molar-refractivity contribution >= 4 is 17.5 Å². The van der Waals surface area contributed by atoms with Crippen molar-refractivity contribution in [1.82, 2.24) is 0 Å². The second-order valence-corrected chi connectivity index (χ2v) is 4.90. The second-order valence-electron chi connectivity index (χ2n) is 3.37. The van der Waals surface area contributed by atoms with Crippen LogP contribution in [0.25, 0.3) is 0 Å². The second kappa shape index (κ2) is 2.86. The molecule has 0 radical (unpaired) electrons. The van der Waals surface area contributed by atoms with Gasteiger partial charge in [0, 0.05) is 16.9 Å². The summed E-state index contributed by atoms with van der Waals surface area (Å²) in [4.78, 5) is 11.5. The Morgan fingerprint density at radius 2 is 2.15 bits per heavy atom. The molecule has 2 nitrogen and oxygen atoms in total. The summed E-state index contributed by atoms with van der Waals surface area (Å²) in [6, 6.07) is 7.39. The standard InChI is InChI=1S/C10H10O2S/c1-10(12)6-8(11)7-4-2-3-5-9(7)13-10/h2-5,12H,6H2,1H3. The molecule has 0 amide bonds. The molecule has 1 heterocycles. The van der Waals surface area contributed by atoms with Crippen molar-refractivity contribution in [2.75, 3.05) is 0 Å². The number of Topliss-reactive ketones (excluding diaryl/α,β-unsaturated/α-hetero) is 1. The highest BCUT2D eigenvalue weighted by Gasteiger charge is 2.32. The maximum Gasteiger partial charge on any atom is 0.167 e. The number of hydrogen-bond donors (Lipinski definition) is 1. The monoisotopic (exact) mass is 194 g/mol. The third-order valence-electron chi connectivity index (χ3n) is 2.01. The van der Waals surface area contributed by atoms with Crippen LogP contribution in [-0.4, -0.2) is 15.8 Å². The fourth-order valence-electron chi connectivity index (χ4n) is 1.45. The molecule has 0 spiro atoms. The Balaban J connectivity index is 2.49. The molecule has 0 saturated heterocycles. The zero-order valence-corrected chi connectivity index (χ0v) is 8.10. The maximum absolute atomic E-state index is 11.5. The molecular formula is C10H10O2S. The normalized spacial score (nSPS) is 27.1. The minimum atomic E-state index is -0.939. The zero-order chi connectivity index (χ0) is 9.47. The summed E-state index contributed by atoms with van der Waals surface area (Å²) >= 11 is 1.35. The lowest BCUT2D eigenvalue weighted by molar-refractivity contribution is 0.0838. The molecule has 1 atom stereocenters. The number of fused-ring (bicyclic) bond motifs is 1. The molecule has 0 aromatic heterocycles. The third-order valence-corrected chi connectivity index (χ3v) is 3.17. The van der Waals surface area contributed by atoms with Gasteiger partial charge in [0.15, 0.2) is 5.78 Å². The molecule has 1 aliphatic heterocycles. The molecule has 0 fully saturated rings. The van der Waals surface area contributed by atoms with Gasteiger partial charge in [0.25, 0.3) is 0 Å². The van der Waals surface area contributed by atoms with Crippen LogP contribution in [0.1, 0.15) is 23.7 Å². The van der Waals surface area contributed by atoms with Gasteiger partial charge in [-0.2, -0.15) is 0 Å².